The lowest BCUT2D eigenvalue weighted by molar-refractivity contribution is -0.154. The monoisotopic (exact) mass is 346 g/mol. The molecule has 25 heavy (non-hydrogen) atoms. The second-order valence-corrected chi connectivity index (χ2v) is 5.65. The highest BCUT2D eigenvalue weighted by atomic mass is 19.1. The molecule has 1 aliphatic rings. The highest BCUT2D eigenvalue weighted by Crippen LogP contribution is 2.19. The third-order valence-corrected chi connectivity index (χ3v) is 3.88. The van der Waals surface area contributed by atoms with E-state index in [4.69, 9.17) is 4.74 Å². The predicted molar refractivity (Wildman–Crippen MR) is 86.6 cm³/mol. The Morgan fingerprint density at radius 2 is 1.96 bits per heavy atom. The number of hydrogen-bond donors (Lipinski definition) is 1. The van der Waals surface area contributed by atoms with Crippen molar-refractivity contribution in [1.29, 1.82) is 0 Å². The van der Waals surface area contributed by atoms with Crippen LogP contribution in [0, 0.1) is 11.6 Å². The number of rotatable bonds is 4. The van der Waals surface area contributed by atoms with Gasteiger partial charge in [-0.2, -0.15) is 0 Å². The number of hydrogen-bond acceptors (Lipinski definition) is 3. The second-order valence-electron chi connectivity index (χ2n) is 5.65. The van der Waals surface area contributed by atoms with E-state index in [1.807, 2.05) is 30.3 Å². The molecule has 0 saturated carbocycles. The molecule has 0 bridgehead atoms. The van der Waals surface area contributed by atoms with Gasteiger partial charge in [-0.15, -0.1) is 0 Å². The maximum atomic E-state index is 13.7. The van der Waals surface area contributed by atoms with E-state index in [0.29, 0.717) is 0 Å². The number of morpholine rings is 1. The number of ether oxygens (including phenoxy) is 1. The van der Waals surface area contributed by atoms with Crippen LogP contribution in [-0.4, -0.2) is 36.0 Å². The second kappa shape index (κ2) is 7.40. The van der Waals surface area contributed by atoms with Crippen molar-refractivity contribution < 1.29 is 23.1 Å². The van der Waals surface area contributed by atoms with E-state index in [2.05, 4.69) is 5.32 Å². The van der Waals surface area contributed by atoms with Gasteiger partial charge in [0.05, 0.1) is 12.3 Å². The van der Waals surface area contributed by atoms with Crippen molar-refractivity contribution in [3.8, 4) is 0 Å². The van der Waals surface area contributed by atoms with Crippen LogP contribution in [0.5, 0.6) is 0 Å². The summed E-state index contributed by atoms with van der Waals surface area (Å²) in [7, 11) is 0. The molecule has 1 aliphatic heterocycles. The molecule has 1 N–H and O–H groups in total. The minimum Gasteiger partial charge on any atom is -0.369 e. The lowest BCUT2D eigenvalue weighted by Crippen LogP contribution is -2.54. The fraction of sp³-hybridized carbons (Fsp3) is 0.222. The Morgan fingerprint density at radius 3 is 2.72 bits per heavy atom. The molecule has 130 valence electrons. The molecule has 1 saturated heterocycles. The standard InChI is InChI=1S/C18H16F2N2O3/c19-13-6-7-14(20)15(8-13)21-18(24)16-10-25-11-17(23)22(16)9-12-4-2-1-3-5-12/h1-8,16H,9-11H2,(H,21,24). The topological polar surface area (TPSA) is 58.6 Å². The van der Waals surface area contributed by atoms with Gasteiger partial charge < -0.3 is 15.0 Å². The van der Waals surface area contributed by atoms with Crippen molar-refractivity contribution in [1.82, 2.24) is 4.90 Å². The van der Waals surface area contributed by atoms with Crippen molar-refractivity contribution in [3.63, 3.8) is 0 Å². The van der Waals surface area contributed by atoms with Gasteiger partial charge in [0.2, 0.25) is 11.8 Å². The summed E-state index contributed by atoms with van der Waals surface area (Å²) in [4.78, 5) is 26.1. The van der Waals surface area contributed by atoms with Crippen LogP contribution in [0.25, 0.3) is 0 Å². The van der Waals surface area contributed by atoms with Gasteiger partial charge in [0.25, 0.3) is 0 Å². The third kappa shape index (κ3) is 4.00. The minimum absolute atomic E-state index is 0.0126. The maximum absolute atomic E-state index is 13.7. The Morgan fingerprint density at radius 1 is 1.20 bits per heavy atom. The Hall–Kier alpha value is -2.80. The number of carbonyl (C=O) groups excluding carboxylic acids is 2. The van der Waals surface area contributed by atoms with Crippen LogP contribution in [0.1, 0.15) is 5.56 Å². The van der Waals surface area contributed by atoms with Crippen molar-refractivity contribution in [2.45, 2.75) is 12.6 Å². The zero-order valence-corrected chi connectivity index (χ0v) is 13.2. The summed E-state index contributed by atoms with van der Waals surface area (Å²) in [6.45, 7) is 0.0963. The molecule has 0 aliphatic carbocycles. The highest BCUT2D eigenvalue weighted by molar-refractivity contribution is 5.98. The average molecular weight is 346 g/mol. The molecule has 0 radical (unpaired) electrons. The number of nitrogens with zero attached hydrogens (tertiary/aromatic N) is 1. The van der Waals surface area contributed by atoms with Crippen LogP contribution in [0.4, 0.5) is 14.5 Å². The molecule has 2 amide bonds. The summed E-state index contributed by atoms with van der Waals surface area (Å²) >= 11 is 0. The Labute approximate surface area is 143 Å². The van der Waals surface area contributed by atoms with Crippen LogP contribution in [-0.2, 0) is 20.9 Å². The van der Waals surface area contributed by atoms with Gasteiger partial charge in [-0.3, -0.25) is 9.59 Å². The first-order valence-electron chi connectivity index (χ1n) is 7.71. The molecule has 0 aromatic heterocycles. The molecular weight excluding hydrogens is 330 g/mol. The van der Waals surface area contributed by atoms with Gasteiger partial charge in [-0.05, 0) is 17.7 Å². The summed E-state index contributed by atoms with van der Waals surface area (Å²) in [6.07, 6.45) is 0. The SMILES string of the molecule is O=C(Nc1cc(F)ccc1F)C1COCC(=O)N1Cc1ccccc1. The first kappa shape index (κ1) is 17.0. The van der Waals surface area contributed by atoms with Crippen LogP contribution in [0.3, 0.4) is 0 Å². The quantitative estimate of drug-likeness (QED) is 0.924. The van der Waals surface area contributed by atoms with Crippen LogP contribution < -0.4 is 5.32 Å². The molecule has 1 heterocycles. The third-order valence-electron chi connectivity index (χ3n) is 3.88. The molecule has 3 rings (SSSR count). The first-order valence-corrected chi connectivity index (χ1v) is 7.71. The molecule has 2 aromatic rings. The summed E-state index contributed by atoms with van der Waals surface area (Å²) in [5.74, 6) is -2.40. The molecular formula is C18H16F2N2O3. The Kier molecular flexibility index (Phi) is 5.04. The van der Waals surface area contributed by atoms with E-state index in [0.717, 1.165) is 23.8 Å². The molecule has 0 spiro atoms. The van der Waals surface area contributed by atoms with Crippen LogP contribution >= 0.6 is 0 Å². The maximum Gasteiger partial charge on any atom is 0.249 e. The number of amides is 2. The molecule has 2 aromatic carbocycles. The molecule has 1 fully saturated rings. The fourth-order valence-electron chi connectivity index (χ4n) is 2.61. The van der Waals surface area contributed by atoms with Crippen LogP contribution in [0.15, 0.2) is 48.5 Å². The van der Waals surface area contributed by atoms with E-state index >= 15 is 0 Å². The molecule has 7 heteroatoms. The van der Waals surface area contributed by atoms with Gasteiger partial charge in [0.15, 0.2) is 0 Å². The van der Waals surface area contributed by atoms with Gasteiger partial charge in [0.1, 0.15) is 24.3 Å². The summed E-state index contributed by atoms with van der Waals surface area (Å²) in [6, 6.07) is 11.0. The number of carbonyl (C=O) groups is 2. The Balaban J connectivity index is 1.78. The van der Waals surface area contributed by atoms with Crippen molar-refractivity contribution in [2.24, 2.45) is 0 Å². The lowest BCUT2D eigenvalue weighted by Gasteiger charge is -2.34. The summed E-state index contributed by atoms with van der Waals surface area (Å²) in [5.41, 5.74) is 0.579. The summed E-state index contributed by atoms with van der Waals surface area (Å²) in [5, 5.41) is 2.33. The van der Waals surface area contributed by atoms with Gasteiger partial charge in [0, 0.05) is 12.6 Å². The van der Waals surface area contributed by atoms with E-state index in [-0.39, 0.29) is 31.4 Å². The highest BCUT2D eigenvalue weighted by Gasteiger charge is 2.34. The van der Waals surface area contributed by atoms with E-state index in [1.165, 1.54) is 4.90 Å². The minimum atomic E-state index is -0.927. The molecule has 1 atom stereocenters. The summed E-state index contributed by atoms with van der Waals surface area (Å²) < 4.78 is 32.1. The number of halogens is 2. The van der Waals surface area contributed by atoms with Crippen LogP contribution in [0.2, 0.25) is 0 Å². The van der Waals surface area contributed by atoms with Gasteiger partial charge >= 0.3 is 0 Å². The van der Waals surface area contributed by atoms with E-state index in [1.54, 1.807) is 0 Å². The normalized spacial score (nSPS) is 17.4. The molecule has 5 nitrogen and oxygen atoms in total. The zero-order valence-electron chi connectivity index (χ0n) is 13.2. The average Bonchev–Trinajstić information content (AvgIpc) is 2.61. The first-order chi connectivity index (χ1) is 12.0. The predicted octanol–water partition coefficient (Wildman–Crippen LogP) is 2.33. The Bertz CT molecular complexity index is 783. The zero-order chi connectivity index (χ0) is 17.8. The van der Waals surface area contributed by atoms with Crippen molar-refractivity contribution >= 4 is 17.5 Å². The van der Waals surface area contributed by atoms with Gasteiger partial charge in [-0.25, -0.2) is 8.78 Å². The van der Waals surface area contributed by atoms with E-state index in [9.17, 15) is 18.4 Å². The largest absolute Gasteiger partial charge is 0.369 e. The smallest absolute Gasteiger partial charge is 0.249 e. The van der Waals surface area contributed by atoms with E-state index < -0.39 is 23.6 Å². The van der Waals surface area contributed by atoms with Crippen molar-refractivity contribution in [2.75, 3.05) is 18.5 Å². The number of anilines is 1. The van der Waals surface area contributed by atoms with Crippen molar-refractivity contribution in [3.05, 3.63) is 65.7 Å². The van der Waals surface area contributed by atoms with Gasteiger partial charge in [-0.1, -0.05) is 30.3 Å². The lowest BCUT2D eigenvalue weighted by atomic mass is 10.1. The molecule has 1 unspecified atom stereocenters. The fourth-order valence-corrected chi connectivity index (χ4v) is 2.61. The number of benzene rings is 2. The number of nitrogens with one attached hydrogen (secondary N) is 1.